The molecule has 1 N–H and O–H groups in total. The van der Waals surface area contributed by atoms with Gasteiger partial charge in [0.15, 0.2) is 6.10 Å². The Hall–Kier alpha value is -2.49. The summed E-state index contributed by atoms with van der Waals surface area (Å²) in [6.45, 7) is 11.1. The lowest BCUT2D eigenvalue weighted by atomic mass is 9.87. The lowest BCUT2D eigenvalue weighted by molar-refractivity contribution is -0.127. The summed E-state index contributed by atoms with van der Waals surface area (Å²) in [6, 6.07) is 16.4. The van der Waals surface area contributed by atoms with Crippen LogP contribution in [-0.2, 0) is 16.8 Å². The van der Waals surface area contributed by atoms with E-state index < -0.39 is 6.10 Å². The van der Waals surface area contributed by atoms with E-state index in [1.54, 1.807) is 6.92 Å². The molecule has 0 aromatic heterocycles. The zero-order valence-electron chi connectivity index (χ0n) is 17.5. The van der Waals surface area contributed by atoms with Crippen LogP contribution >= 0.6 is 0 Å². The van der Waals surface area contributed by atoms with Crippen LogP contribution in [-0.4, -0.2) is 25.1 Å². The normalized spacial score (nSPS) is 15.4. The number of nitrogens with zero attached hydrogens (tertiary/aromatic N) is 1. The largest absolute Gasteiger partial charge is 0.481 e. The van der Waals surface area contributed by atoms with Crippen LogP contribution in [0.4, 0.5) is 5.69 Å². The van der Waals surface area contributed by atoms with E-state index >= 15 is 0 Å². The summed E-state index contributed by atoms with van der Waals surface area (Å²) < 4.78 is 5.80. The van der Waals surface area contributed by atoms with Crippen molar-refractivity contribution in [2.24, 2.45) is 0 Å². The summed E-state index contributed by atoms with van der Waals surface area (Å²) >= 11 is 0. The molecule has 1 aliphatic rings. The zero-order valence-corrected chi connectivity index (χ0v) is 17.5. The van der Waals surface area contributed by atoms with E-state index in [1.807, 2.05) is 12.1 Å². The molecule has 2 aromatic carbocycles. The van der Waals surface area contributed by atoms with E-state index in [-0.39, 0.29) is 11.3 Å². The Labute approximate surface area is 168 Å². The number of carbonyl (C=O) groups is 1. The van der Waals surface area contributed by atoms with Crippen molar-refractivity contribution >= 4 is 11.6 Å². The quantitative estimate of drug-likeness (QED) is 0.792. The van der Waals surface area contributed by atoms with Crippen LogP contribution in [0.15, 0.2) is 48.5 Å². The third-order valence-corrected chi connectivity index (χ3v) is 5.28. The molecule has 3 rings (SSSR count). The van der Waals surface area contributed by atoms with Gasteiger partial charge in [-0.1, -0.05) is 45.0 Å². The number of hydrogen-bond donors (Lipinski definition) is 1. The molecule has 1 aliphatic heterocycles. The molecule has 1 heterocycles. The maximum atomic E-state index is 12.4. The highest BCUT2D eigenvalue weighted by molar-refractivity contribution is 5.80. The predicted octanol–water partition coefficient (Wildman–Crippen LogP) is 4.67. The monoisotopic (exact) mass is 380 g/mol. The average molecular weight is 381 g/mol. The van der Waals surface area contributed by atoms with Gasteiger partial charge in [0.05, 0.1) is 0 Å². The molecule has 1 saturated heterocycles. The van der Waals surface area contributed by atoms with E-state index in [1.165, 1.54) is 24.1 Å². The topological polar surface area (TPSA) is 41.6 Å². The standard InChI is InChI=1S/C24H32N2O2/c1-18(28-22-13-9-20(10-14-22)24(2,3)4)23(27)25-17-19-7-11-21(12-8-19)26-15-5-6-16-26/h7-14,18H,5-6,15-17H2,1-4H3,(H,25,27)/t18-/m0/s1. The van der Waals surface area contributed by atoms with Crippen LogP contribution in [0.25, 0.3) is 0 Å². The van der Waals surface area contributed by atoms with Gasteiger partial charge in [0.1, 0.15) is 5.75 Å². The van der Waals surface area contributed by atoms with Gasteiger partial charge < -0.3 is 15.0 Å². The highest BCUT2D eigenvalue weighted by Gasteiger charge is 2.17. The van der Waals surface area contributed by atoms with Crippen molar-refractivity contribution in [3.63, 3.8) is 0 Å². The van der Waals surface area contributed by atoms with E-state index in [0.29, 0.717) is 12.3 Å². The molecule has 0 aliphatic carbocycles. The zero-order chi connectivity index (χ0) is 20.1. The first kappa shape index (κ1) is 20.2. The molecule has 0 unspecified atom stereocenters. The van der Waals surface area contributed by atoms with Crippen LogP contribution in [0.2, 0.25) is 0 Å². The highest BCUT2D eigenvalue weighted by atomic mass is 16.5. The Balaban J connectivity index is 1.48. The summed E-state index contributed by atoms with van der Waals surface area (Å²) in [6.07, 6.45) is 2.01. The Morgan fingerprint density at radius 3 is 2.21 bits per heavy atom. The Morgan fingerprint density at radius 2 is 1.64 bits per heavy atom. The lowest BCUT2D eigenvalue weighted by Gasteiger charge is -2.20. The molecule has 0 saturated carbocycles. The minimum absolute atomic E-state index is 0.103. The first-order chi connectivity index (χ1) is 13.3. The first-order valence-electron chi connectivity index (χ1n) is 10.2. The fraction of sp³-hybridized carbons (Fsp3) is 0.458. The fourth-order valence-electron chi connectivity index (χ4n) is 3.42. The molecule has 1 atom stereocenters. The fourth-order valence-corrected chi connectivity index (χ4v) is 3.42. The number of benzene rings is 2. The van der Waals surface area contributed by atoms with Gasteiger partial charge in [-0.05, 0) is 60.6 Å². The summed E-state index contributed by atoms with van der Waals surface area (Å²) in [4.78, 5) is 14.8. The lowest BCUT2D eigenvalue weighted by Crippen LogP contribution is -2.35. The second kappa shape index (κ2) is 8.68. The number of nitrogens with one attached hydrogen (secondary N) is 1. The number of amides is 1. The molecular formula is C24H32N2O2. The third kappa shape index (κ3) is 5.28. The van der Waals surface area contributed by atoms with Crippen molar-refractivity contribution in [2.45, 2.75) is 58.6 Å². The number of hydrogen-bond acceptors (Lipinski definition) is 3. The highest BCUT2D eigenvalue weighted by Crippen LogP contribution is 2.25. The van der Waals surface area contributed by atoms with Crippen LogP contribution in [0, 0.1) is 0 Å². The number of rotatable bonds is 6. The van der Waals surface area contributed by atoms with E-state index in [9.17, 15) is 4.79 Å². The van der Waals surface area contributed by atoms with Gasteiger partial charge in [-0.2, -0.15) is 0 Å². The van der Waals surface area contributed by atoms with Crippen LogP contribution in [0.1, 0.15) is 51.7 Å². The smallest absolute Gasteiger partial charge is 0.261 e. The van der Waals surface area contributed by atoms with Gasteiger partial charge in [0.25, 0.3) is 5.91 Å². The number of ether oxygens (including phenoxy) is 1. The summed E-state index contributed by atoms with van der Waals surface area (Å²) in [5, 5.41) is 2.97. The maximum Gasteiger partial charge on any atom is 0.261 e. The Morgan fingerprint density at radius 1 is 1.04 bits per heavy atom. The van der Waals surface area contributed by atoms with E-state index in [0.717, 1.165) is 18.7 Å². The molecule has 4 nitrogen and oxygen atoms in total. The third-order valence-electron chi connectivity index (χ3n) is 5.28. The molecule has 1 amide bonds. The molecule has 0 spiro atoms. The molecule has 28 heavy (non-hydrogen) atoms. The van der Waals surface area contributed by atoms with E-state index in [4.69, 9.17) is 4.74 Å². The van der Waals surface area contributed by atoms with Crippen molar-refractivity contribution in [3.05, 3.63) is 59.7 Å². The molecule has 2 aromatic rings. The molecule has 0 radical (unpaired) electrons. The maximum absolute atomic E-state index is 12.4. The molecule has 1 fully saturated rings. The van der Waals surface area contributed by atoms with Gasteiger partial charge in [0, 0.05) is 25.3 Å². The van der Waals surface area contributed by atoms with Crippen LogP contribution < -0.4 is 15.0 Å². The van der Waals surface area contributed by atoms with Crippen LogP contribution in [0.3, 0.4) is 0 Å². The minimum atomic E-state index is -0.538. The second-order valence-electron chi connectivity index (χ2n) is 8.61. The van der Waals surface area contributed by atoms with Gasteiger partial charge in [-0.25, -0.2) is 0 Å². The second-order valence-corrected chi connectivity index (χ2v) is 8.61. The summed E-state index contributed by atoms with van der Waals surface area (Å²) in [5.41, 5.74) is 3.71. The van der Waals surface area contributed by atoms with E-state index in [2.05, 4.69) is 67.4 Å². The van der Waals surface area contributed by atoms with Gasteiger partial charge in [0.2, 0.25) is 0 Å². The van der Waals surface area contributed by atoms with Crippen molar-refractivity contribution in [1.29, 1.82) is 0 Å². The van der Waals surface area contributed by atoms with Crippen molar-refractivity contribution in [2.75, 3.05) is 18.0 Å². The molecule has 150 valence electrons. The van der Waals surface area contributed by atoms with Crippen molar-refractivity contribution < 1.29 is 9.53 Å². The molecular weight excluding hydrogens is 348 g/mol. The van der Waals surface area contributed by atoms with Crippen molar-refractivity contribution in [3.8, 4) is 5.75 Å². The molecule has 4 heteroatoms. The predicted molar refractivity (Wildman–Crippen MR) is 115 cm³/mol. The number of anilines is 1. The average Bonchev–Trinajstić information content (AvgIpc) is 3.21. The Bertz CT molecular complexity index is 770. The number of carbonyl (C=O) groups excluding carboxylic acids is 1. The first-order valence-corrected chi connectivity index (χ1v) is 10.2. The SMILES string of the molecule is C[C@H](Oc1ccc(C(C)(C)C)cc1)C(=O)NCc1ccc(N2CCCC2)cc1. The van der Waals surface area contributed by atoms with Crippen molar-refractivity contribution in [1.82, 2.24) is 5.32 Å². The Kier molecular flexibility index (Phi) is 6.28. The molecule has 0 bridgehead atoms. The summed E-state index contributed by atoms with van der Waals surface area (Å²) in [7, 11) is 0. The van der Waals surface area contributed by atoms with Gasteiger partial charge in [-0.15, -0.1) is 0 Å². The van der Waals surface area contributed by atoms with Gasteiger partial charge in [-0.3, -0.25) is 4.79 Å². The van der Waals surface area contributed by atoms with Crippen LogP contribution in [0.5, 0.6) is 5.75 Å². The van der Waals surface area contributed by atoms with Gasteiger partial charge >= 0.3 is 0 Å². The minimum Gasteiger partial charge on any atom is -0.481 e. The summed E-state index contributed by atoms with van der Waals surface area (Å²) in [5.74, 6) is 0.606.